The van der Waals surface area contributed by atoms with Crippen molar-refractivity contribution < 1.29 is 21.7 Å². The molecular weight excluding hydrogens is 423 g/mol. The molecule has 28 heavy (non-hydrogen) atoms. The topological polar surface area (TPSA) is 27.0 Å². The normalized spacial score (nSPS) is 11.6. The van der Waals surface area contributed by atoms with Crippen LogP contribution in [0.5, 0.6) is 0 Å². The molecule has 1 N–H and O–H groups in total. The number of halogens is 2. The Morgan fingerprint density at radius 1 is 0.929 bits per heavy atom. The maximum absolute atomic E-state index is 7.00. The van der Waals surface area contributed by atoms with Gasteiger partial charge in [-0.05, 0) is 26.1 Å². The van der Waals surface area contributed by atoms with Crippen molar-refractivity contribution in [2.75, 3.05) is 20.6 Å². The molecule has 1 aliphatic rings. The second-order valence-corrected chi connectivity index (χ2v) is 6.80. The molecule has 2 nitrogen and oxygen atoms in total. The van der Waals surface area contributed by atoms with Crippen LogP contribution in [0.4, 0.5) is 5.69 Å². The number of rotatable bonds is 4. The van der Waals surface area contributed by atoms with Gasteiger partial charge in [-0.15, -0.1) is 48.2 Å². The first-order valence-corrected chi connectivity index (χ1v) is 8.68. The number of hydrogen-bond donors (Lipinski definition) is 0. The fraction of sp³-hybridized carbons (Fsp3) is 0.261. The summed E-state index contributed by atoms with van der Waals surface area (Å²) in [5, 5.41) is 0. The molecule has 0 aliphatic heterocycles. The van der Waals surface area contributed by atoms with Crippen LogP contribution >= 0.6 is 24.8 Å². The quantitative estimate of drug-likeness (QED) is 0.357. The molecule has 0 spiro atoms. The summed E-state index contributed by atoms with van der Waals surface area (Å²) in [6.45, 7) is 5.39. The summed E-state index contributed by atoms with van der Waals surface area (Å²) < 4.78 is 0. The fourth-order valence-electron chi connectivity index (χ4n) is 2.88. The molecule has 0 unspecified atom stereocenters. The fourth-order valence-corrected chi connectivity index (χ4v) is 2.88. The van der Waals surface area contributed by atoms with E-state index < -0.39 is 0 Å². The average Bonchev–Trinajstić information content (AvgIpc) is 3.03. The van der Waals surface area contributed by atoms with E-state index in [1.54, 1.807) is 12.1 Å². The zero-order valence-corrected chi connectivity index (χ0v) is 20.2. The summed E-state index contributed by atoms with van der Waals surface area (Å²) in [4.78, 5) is 2.22. The van der Waals surface area contributed by atoms with Gasteiger partial charge in [-0.25, -0.2) is 0 Å². The van der Waals surface area contributed by atoms with E-state index in [9.17, 15) is 0 Å². The molecule has 5 heteroatoms. The van der Waals surface area contributed by atoms with Crippen LogP contribution in [-0.4, -0.2) is 25.5 Å². The van der Waals surface area contributed by atoms with Crippen LogP contribution in [0.2, 0.25) is 0 Å². The molecule has 0 aromatic heterocycles. The second-order valence-electron chi connectivity index (χ2n) is 6.80. The summed E-state index contributed by atoms with van der Waals surface area (Å²) >= 11 is 0. The molecule has 0 amide bonds. The third kappa shape index (κ3) is 9.36. The first-order chi connectivity index (χ1) is 12.0. The van der Waals surface area contributed by atoms with Crippen molar-refractivity contribution in [3.05, 3.63) is 95.1 Å². The van der Waals surface area contributed by atoms with Crippen LogP contribution in [0, 0.1) is 5.92 Å². The maximum Gasteiger partial charge on any atom is 2.00 e. The molecule has 1 aliphatic carbocycles. The number of benzene rings is 2. The molecule has 0 saturated carbocycles. The molecule has 2 aromatic carbocycles. The minimum atomic E-state index is 0. The molecule has 0 radical (unpaired) electrons. The van der Waals surface area contributed by atoms with Crippen molar-refractivity contribution in [3.63, 3.8) is 0 Å². The Hall–Kier alpha value is -1.16. The molecular formula is C23H30Cl2N2Ti. The Morgan fingerprint density at radius 2 is 1.50 bits per heavy atom. The van der Waals surface area contributed by atoms with E-state index in [1.165, 1.54) is 28.2 Å². The Labute approximate surface area is 198 Å². The smallest absolute Gasteiger partial charge is 0.699 e. The van der Waals surface area contributed by atoms with Gasteiger partial charge in [-0.1, -0.05) is 68.0 Å². The molecule has 3 rings (SSSR count). The van der Waals surface area contributed by atoms with Crippen molar-refractivity contribution in [3.8, 4) is 0 Å². The molecule has 0 saturated heterocycles. The Kier molecular flexibility index (Phi) is 15.3. The number of nitrogens with zero attached hydrogens (tertiary/aromatic N) is 1. The largest absolute Gasteiger partial charge is 2.00 e. The monoisotopic (exact) mass is 452 g/mol. The van der Waals surface area contributed by atoms with E-state index in [2.05, 4.69) is 69.3 Å². The molecule has 0 heterocycles. The minimum Gasteiger partial charge on any atom is -0.699 e. The van der Waals surface area contributed by atoms with Gasteiger partial charge in [-0.2, -0.15) is 17.5 Å². The predicted molar refractivity (Wildman–Crippen MR) is 124 cm³/mol. The Morgan fingerprint density at radius 3 is 2.00 bits per heavy atom. The van der Waals surface area contributed by atoms with E-state index in [4.69, 9.17) is 5.73 Å². The summed E-state index contributed by atoms with van der Waals surface area (Å²) in [6.07, 6.45) is 5.76. The van der Waals surface area contributed by atoms with Crippen molar-refractivity contribution >= 4 is 36.1 Å². The first-order valence-electron chi connectivity index (χ1n) is 8.68. The van der Waals surface area contributed by atoms with Gasteiger partial charge < -0.3 is 10.6 Å². The summed E-state index contributed by atoms with van der Waals surface area (Å²) in [6, 6.07) is 17.8. The molecule has 0 atom stereocenters. The van der Waals surface area contributed by atoms with Crippen molar-refractivity contribution in [2.45, 2.75) is 20.3 Å². The van der Waals surface area contributed by atoms with E-state index in [-0.39, 0.29) is 46.5 Å². The molecule has 0 fully saturated rings. The van der Waals surface area contributed by atoms with Crippen LogP contribution in [-0.2, 0) is 21.7 Å². The van der Waals surface area contributed by atoms with E-state index >= 15 is 0 Å². The van der Waals surface area contributed by atoms with Gasteiger partial charge in [-0.3, -0.25) is 0 Å². The second kappa shape index (κ2) is 14.8. The number of hydrogen-bond acceptors (Lipinski definition) is 1. The zero-order valence-electron chi connectivity index (χ0n) is 17.0. The Bertz CT molecular complexity index is 741. The van der Waals surface area contributed by atoms with Gasteiger partial charge in [0.1, 0.15) is 0 Å². The summed E-state index contributed by atoms with van der Waals surface area (Å²) in [7, 11) is 4.23. The van der Waals surface area contributed by atoms with E-state index in [0.29, 0.717) is 5.69 Å². The van der Waals surface area contributed by atoms with E-state index in [0.717, 1.165) is 13.0 Å². The van der Waals surface area contributed by atoms with Crippen LogP contribution < -0.4 is 0 Å². The molecule has 0 bridgehead atoms. The van der Waals surface area contributed by atoms with Gasteiger partial charge >= 0.3 is 21.7 Å². The van der Waals surface area contributed by atoms with E-state index in [1.807, 2.05) is 18.2 Å². The number of likely N-dealkylation sites (N-methyl/N-ethyl adjacent to an activating group) is 1. The average molecular weight is 453 g/mol. The summed E-state index contributed by atoms with van der Waals surface area (Å²) in [5.74, 6) is 1.38. The summed E-state index contributed by atoms with van der Waals surface area (Å²) in [5.41, 5.74) is 13.2. The zero-order chi connectivity index (χ0) is 18.2. The van der Waals surface area contributed by atoms with Crippen LogP contribution in [0.25, 0.3) is 11.3 Å². The Balaban J connectivity index is 0. The van der Waals surface area contributed by atoms with Crippen LogP contribution in [0.15, 0.2) is 72.3 Å². The van der Waals surface area contributed by atoms with Gasteiger partial charge in [0.2, 0.25) is 0 Å². The predicted octanol–water partition coefficient (Wildman–Crippen LogP) is 7.14. The van der Waals surface area contributed by atoms with Gasteiger partial charge in [0.05, 0.1) is 0 Å². The van der Waals surface area contributed by atoms with Gasteiger partial charge in [0, 0.05) is 6.54 Å². The van der Waals surface area contributed by atoms with Crippen LogP contribution in [0.3, 0.4) is 0 Å². The van der Waals surface area contributed by atoms with Gasteiger partial charge in [0.15, 0.2) is 0 Å². The molecule has 150 valence electrons. The number of allylic oxidation sites excluding steroid dienone is 2. The minimum absolute atomic E-state index is 0. The van der Waals surface area contributed by atoms with Crippen molar-refractivity contribution in [2.24, 2.45) is 0 Å². The van der Waals surface area contributed by atoms with Crippen molar-refractivity contribution in [1.29, 1.82) is 0 Å². The maximum atomic E-state index is 7.00. The SMILES string of the molecule is C[C-](C)c1ccccc1C1=CC(CN(C)C)=CC1.Cl.Cl.[NH-]c1ccccc1.[Ti+2]. The third-order valence-electron chi connectivity index (χ3n) is 4.03. The third-order valence-corrected chi connectivity index (χ3v) is 4.03. The standard InChI is InChI=1S/C17H22N.C6H6N.2ClH.Ti/c1-13(2)16-7-5-6-8-17(16)15-10-9-14(11-15)12-18(3)4;7-6-4-2-1-3-5-6;;;/h5-9,11H,10,12H2,1-4H3;1-5,7H;2*1H;/q2*-1;;;+2. The first kappa shape index (κ1) is 29.0. The van der Waals surface area contributed by atoms with Crippen molar-refractivity contribution in [1.82, 2.24) is 4.90 Å². The van der Waals surface area contributed by atoms with Crippen LogP contribution in [0.1, 0.15) is 31.4 Å². The number of nitrogens with one attached hydrogen (secondary N) is 1. The van der Waals surface area contributed by atoms with Gasteiger partial charge in [0.25, 0.3) is 0 Å². The molecule has 2 aromatic rings.